The van der Waals surface area contributed by atoms with Gasteiger partial charge in [0.1, 0.15) is 11.8 Å². The molecule has 0 N–H and O–H groups in total. The molecular weight excluding hydrogens is 373 g/mol. The summed E-state index contributed by atoms with van der Waals surface area (Å²) < 4.78 is 10.8. The normalized spacial score (nSPS) is 17.9. The summed E-state index contributed by atoms with van der Waals surface area (Å²) in [5.74, 6) is 0.241. The summed E-state index contributed by atoms with van der Waals surface area (Å²) in [6.45, 7) is 0.585. The van der Waals surface area contributed by atoms with Crippen LogP contribution in [0.5, 0.6) is 5.75 Å². The van der Waals surface area contributed by atoms with Crippen LogP contribution in [-0.4, -0.2) is 43.6 Å². The van der Waals surface area contributed by atoms with Gasteiger partial charge in [-0.25, -0.2) is 4.79 Å². The van der Waals surface area contributed by atoms with Crippen molar-refractivity contribution in [3.63, 3.8) is 0 Å². The van der Waals surface area contributed by atoms with Crippen molar-refractivity contribution in [2.24, 2.45) is 0 Å². The van der Waals surface area contributed by atoms with Gasteiger partial charge in [0.05, 0.1) is 17.8 Å². The van der Waals surface area contributed by atoms with Crippen LogP contribution in [0.2, 0.25) is 0 Å². The molecule has 0 spiro atoms. The molecule has 1 heterocycles. The van der Waals surface area contributed by atoms with Gasteiger partial charge < -0.3 is 14.4 Å². The highest BCUT2D eigenvalue weighted by Crippen LogP contribution is 2.25. The van der Waals surface area contributed by atoms with Gasteiger partial charge in [-0.3, -0.25) is 4.79 Å². The molecule has 2 rings (SSSR count). The highest BCUT2D eigenvalue weighted by molar-refractivity contribution is 14.1. The first-order valence-electron chi connectivity index (χ1n) is 6.30. The van der Waals surface area contributed by atoms with Crippen LogP contribution in [0.1, 0.15) is 23.2 Å². The predicted octanol–water partition coefficient (Wildman–Crippen LogP) is 2.08. The standard InChI is InChI=1S/C14H16INO4/c1-19-12-6-5-9(8-10(12)15)13(17)16-7-3-4-11(16)14(18)20-2/h5-6,8,11H,3-4,7H2,1-2H3. The number of hydrogen-bond acceptors (Lipinski definition) is 4. The van der Waals surface area contributed by atoms with Gasteiger partial charge in [0.2, 0.25) is 0 Å². The molecular formula is C14H16INO4. The highest BCUT2D eigenvalue weighted by atomic mass is 127. The zero-order valence-corrected chi connectivity index (χ0v) is 13.5. The molecule has 0 radical (unpaired) electrons. The zero-order chi connectivity index (χ0) is 14.7. The van der Waals surface area contributed by atoms with E-state index in [0.717, 1.165) is 15.7 Å². The number of ether oxygens (including phenoxy) is 2. The fourth-order valence-corrected chi connectivity index (χ4v) is 3.09. The third-order valence-corrected chi connectivity index (χ3v) is 4.23. The van der Waals surface area contributed by atoms with E-state index in [-0.39, 0.29) is 11.9 Å². The van der Waals surface area contributed by atoms with Gasteiger partial charge in [0, 0.05) is 12.1 Å². The van der Waals surface area contributed by atoms with Gasteiger partial charge in [-0.1, -0.05) is 0 Å². The van der Waals surface area contributed by atoms with Crippen LogP contribution in [0.3, 0.4) is 0 Å². The number of nitrogens with zero attached hydrogens (tertiary/aromatic N) is 1. The Balaban J connectivity index is 2.22. The molecule has 1 aliphatic heterocycles. The molecule has 0 aliphatic carbocycles. The number of rotatable bonds is 3. The number of esters is 1. The van der Waals surface area contributed by atoms with Crippen LogP contribution in [0.25, 0.3) is 0 Å². The molecule has 108 valence electrons. The van der Waals surface area contributed by atoms with Gasteiger partial charge in [0.25, 0.3) is 5.91 Å². The summed E-state index contributed by atoms with van der Waals surface area (Å²) in [5, 5.41) is 0. The van der Waals surface area contributed by atoms with E-state index in [9.17, 15) is 9.59 Å². The van der Waals surface area contributed by atoms with E-state index in [4.69, 9.17) is 9.47 Å². The highest BCUT2D eigenvalue weighted by Gasteiger charge is 2.35. The average Bonchev–Trinajstić information content (AvgIpc) is 2.94. The van der Waals surface area contributed by atoms with Crippen LogP contribution in [-0.2, 0) is 9.53 Å². The Labute approximate surface area is 131 Å². The van der Waals surface area contributed by atoms with E-state index in [1.54, 1.807) is 30.2 Å². The number of halogens is 1. The molecule has 1 fully saturated rings. The Morgan fingerprint density at radius 3 is 2.70 bits per heavy atom. The number of hydrogen-bond donors (Lipinski definition) is 0. The topological polar surface area (TPSA) is 55.8 Å². The van der Waals surface area contributed by atoms with Gasteiger partial charge in [-0.05, 0) is 53.6 Å². The number of carbonyl (C=O) groups excluding carboxylic acids is 2. The van der Waals surface area contributed by atoms with Crippen molar-refractivity contribution in [1.29, 1.82) is 0 Å². The Kier molecular flexibility index (Phi) is 4.85. The fraction of sp³-hybridized carbons (Fsp3) is 0.429. The summed E-state index contributed by atoms with van der Waals surface area (Å²) in [4.78, 5) is 25.8. The van der Waals surface area contributed by atoms with E-state index in [1.807, 2.05) is 0 Å². The van der Waals surface area contributed by atoms with E-state index >= 15 is 0 Å². The van der Waals surface area contributed by atoms with E-state index in [0.29, 0.717) is 18.5 Å². The molecule has 6 heteroatoms. The van der Waals surface area contributed by atoms with Crippen LogP contribution in [0.15, 0.2) is 18.2 Å². The molecule has 1 atom stereocenters. The van der Waals surface area contributed by atoms with Crippen LogP contribution in [0, 0.1) is 3.57 Å². The Bertz CT molecular complexity index is 532. The number of methoxy groups -OCH3 is 2. The van der Waals surface area contributed by atoms with Crippen LogP contribution in [0.4, 0.5) is 0 Å². The van der Waals surface area contributed by atoms with Gasteiger partial charge in [-0.2, -0.15) is 0 Å². The van der Waals surface area contributed by atoms with Gasteiger partial charge >= 0.3 is 5.97 Å². The van der Waals surface area contributed by atoms with Crippen LogP contribution >= 0.6 is 22.6 Å². The van der Waals surface area contributed by atoms with E-state index < -0.39 is 6.04 Å². The lowest BCUT2D eigenvalue weighted by atomic mass is 10.1. The molecule has 0 aromatic heterocycles. The van der Waals surface area contributed by atoms with Crippen molar-refractivity contribution >= 4 is 34.5 Å². The van der Waals surface area contributed by atoms with Crippen molar-refractivity contribution in [1.82, 2.24) is 4.90 Å². The summed E-state index contributed by atoms with van der Waals surface area (Å²) in [7, 11) is 2.94. The van der Waals surface area contributed by atoms with E-state index in [2.05, 4.69) is 22.6 Å². The second-order valence-corrected chi connectivity index (χ2v) is 5.69. The molecule has 5 nitrogen and oxygen atoms in total. The molecule has 1 aliphatic rings. The minimum absolute atomic E-state index is 0.140. The third kappa shape index (κ3) is 2.89. The molecule has 0 bridgehead atoms. The molecule has 1 saturated heterocycles. The summed E-state index contributed by atoms with van der Waals surface area (Å²) in [6, 6.07) is 4.79. The van der Waals surface area contributed by atoms with Crippen molar-refractivity contribution in [2.75, 3.05) is 20.8 Å². The smallest absolute Gasteiger partial charge is 0.328 e. The maximum Gasteiger partial charge on any atom is 0.328 e. The zero-order valence-electron chi connectivity index (χ0n) is 11.4. The fourth-order valence-electron chi connectivity index (χ4n) is 2.36. The van der Waals surface area contributed by atoms with Crippen molar-refractivity contribution in [3.05, 3.63) is 27.3 Å². The molecule has 1 aromatic carbocycles. The summed E-state index contributed by atoms with van der Waals surface area (Å²) in [5.41, 5.74) is 0.561. The SMILES string of the molecule is COC(=O)C1CCCN1C(=O)c1ccc(OC)c(I)c1. The molecule has 1 amide bonds. The molecule has 1 unspecified atom stereocenters. The Morgan fingerprint density at radius 2 is 2.10 bits per heavy atom. The lowest BCUT2D eigenvalue weighted by molar-refractivity contribution is -0.145. The number of benzene rings is 1. The first-order valence-corrected chi connectivity index (χ1v) is 7.38. The first-order chi connectivity index (χ1) is 9.58. The largest absolute Gasteiger partial charge is 0.496 e. The molecule has 0 saturated carbocycles. The van der Waals surface area contributed by atoms with Crippen molar-refractivity contribution in [3.8, 4) is 5.75 Å². The Hall–Kier alpha value is -1.31. The summed E-state index contributed by atoms with van der Waals surface area (Å²) >= 11 is 2.12. The number of carbonyl (C=O) groups is 2. The second-order valence-electron chi connectivity index (χ2n) is 4.53. The number of amides is 1. The van der Waals surface area contributed by atoms with Gasteiger partial charge in [-0.15, -0.1) is 0 Å². The quantitative estimate of drug-likeness (QED) is 0.587. The van der Waals surface area contributed by atoms with Crippen molar-refractivity contribution < 1.29 is 19.1 Å². The minimum Gasteiger partial charge on any atom is -0.496 e. The average molecular weight is 389 g/mol. The van der Waals surface area contributed by atoms with Crippen molar-refractivity contribution in [2.45, 2.75) is 18.9 Å². The minimum atomic E-state index is -0.465. The third-order valence-electron chi connectivity index (χ3n) is 3.39. The molecule has 20 heavy (non-hydrogen) atoms. The summed E-state index contributed by atoms with van der Waals surface area (Å²) in [6.07, 6.45) is 1.48. The van der Waals surface area contributed by atoms with E-state index in [1.165, 1.54) is 7.11 Å². The molecule has 1 aromatic rings. The van der Waals surface area contributed by atoms with Gasteiger partial charge in [0.15, 0.2) is 0 Å². The van der Waals surface area contributed by atoms with Crippen LogP contribution < -0.4 is 4.74 Å². The monoisotopic (exact) mass is 389 g/mol. The Morgan fingerprint density at radius 1 is 1.35 bits per heavy atom. The second kappa shape index (κ2) is 6.43. The lowest BCUT2D eigenvalue weighted by Crippen LogP contribution is -2.41. The first kappa shape index (κ1) is 15.1. The maximum absolute atomic E-state index is 12.5. The maximum atomic E-state index is 12.5. The number of likely N-dealkylation sites (tertiary alicyclic amines) is 1. The predicted molar refractivity (Wildman–Crippen MR) is 81.8 cm³/mol. The lowest BCUT2D eigenvalue weighted by Gasteiger charge is -2.22.